The maximum absolute atomic E-state index is 12.2. The van der Waals surface area contributed by atoms with Gasteiger partial charge in [-0.3, -0.25) is 9.69 Å². The van der Waals surface area contributed by atoms with Crippen molar-refractivity contribution in [1.29, 1.82) is 0 Å². The summed E-state index contributed by atoms with van der Waals surface area (Å²) in [6.45, 7) is 6.38. The van der Waals surface area contributed by atoms with Gasteiger partial charge < -0.3 is 15.0 Å². The molecule has 0 aliphatic carbocycles. The molecule has 1 amide bonds. The molecule has 0 spiro atoms. The van der Waals surface area contributed by atoms with Gasteiger partial charge in [0.2, 0.25) is 5.91 Å². The van der Waals surface area contributed by atoms with E-state index in [0.29, 0.717) is 12.6 Å². The van der Waals surface area contributed by atoms with Crippen LogP contribution in [0.1, 0.15) is 19.3 Å². The third-order valence-corrected chi connectivity index (χ3v) is 3.92. The van der Waals surface area contributed by atoms with Crippen LogP contribution in [0.15, 0.2) is 0 Å². The smallest absolute Gasteiger partial charge is 0.236 e. The zero-order chi connectivity index (χ0) is 12.8. The van der Waals surface area contributed by atoms with Crippen molar-refractivity contribution in [1.82, 2.24) is 15.1 Å². The third-order valence-electron chi connectivity index (χ3n) is 3.92. The summed E-state index contributed by atoms with van der Waals surface area (Å²) >= 11 is 0. The first-order valence-corrected chi connectivity index (χ1v) is 7.03. The Bertz CT molecular complexity index is 257. The van der Waals surface area contributed by atoms with Crippen LogP contribution >= 0.6 is 0 Å². The number of nitrogens with one attached hydrogen (secondary N) is 1. The molecular formula is C13H25N3O2. The van der Waals surface area contributed by atoms with E-state index in [4.69, 9.17) is 4.74 Å². The van der Waals surface area contributed by atoms with Gasteiger partial charge in [0.15, 0.2) is 0 Å². The Labute approximate surface area is 109 Å². The Morgan fingerprint density at radius 2 is 2.00 bits per heavy atom. The minimum atomic E-state index is 0.284. The average Bonchev–Trinajstić information content (AvgIpc) is 2.67. The number of hydrogen-bond donors (Lipinski definition) is 1. The van der Waals surface area contributed by atoms with Crippen LogP contribution < -0.4 is 5.32 Å². The van der Waals surface area contributed by atoms with Gasteiger partial charge in [0, 0.05) is 33.3 Å². The third kappa shape index (κ3) is 3.93. The van der Waals surface area contributed by atoms with Gasteiger partial charge in [0.1, 0.15) is 0 Å². The fraction of sp³-hybridized carbons (Fsp3) is 0.923. The average molecular weight is 255 g/mol. The summed E-state index contributed by atoms with van der Waals surface area (Å²) in [5.74, 6) is 0.284. The van der Waals surface area contributed by atoms with E-state index in [-0.39, 0.29) is 5.91 Å². The van der Waals surface area contributed by atoms with Crippen molar-refractivity contribution in [3.63, 3.8) is 0 Å². The molecular weight excluding hydrogens is 230 g/mol. The summed E-state index contributed by atoms with van der Waals surface area (Å²) in [6, 6.07) is 0. The van der Waals surface area contributed by atoms with E-state index >= 15 is 0 Å². The van der Waals surface area contributed by atoms with Gasteiger partial charge >= 0.3 is 0 Å². The van der Waals surface area contributed by atoms with Crippen molar-refractivity contribution >= 4 is 5.91 Å². The first-order valence-electron chi connectivity index (χ1n) is 7.03. The summed E-state index contributed by atoms with van der Waals surface area (Å²) in [5.41, 5.74) is 0. The molecule has 104 valence electrons. The first kappa shape index (κ1) is 13.8. The second kappa shape index (κ2) is 7.07. The number of carbonyl (C=O) groups is 1. The zero-order valence-corrected chi connectivity index (χ0v) is 11.4. The Kier molecular flexibility index (Phi) is 5.41. The topological polar surface area (TPSA) is 44.8 Å². The van der Waals surface area contributed by atoms with Crippen molar-refractivity contribution in [3.8, 4) is 0 Å². The lowest BCUT2D eigenvalue weighted by molar-refractivity contribution is -0.134. The maximum Gasteiger partial charge on any atom is 0.236 e. The molecule has 2 rings (SSSR count). The van der Waals surface area contributed by atoms with Crippen molar-refractivity contribution in [2.24, 2.45) is 0 Å². The Morgan fingerprint density at radius 1 is 1.22 bits per heavy atom. The van der Waals surface area contributed by atoms with Crippen LogP contribution in [-0.4, -0.2) is 74.7 Å². The molecule has 0 atom stereocenters. The van der Waals surface area contributed by atoms with Crippen LogP contribution in [0.4, 0.5) is 0 Å². The summed E-state index contributed by atoms with van der Waals surface area (Å²) in [7, 11) is 1.76. The van der Waals surface area contributed by atoms with Crippen molar-refractivity contribution in [3.05, 3.63) is 0 Å². The van der Waals surface area contributed by atoms with E-state index in [1.54, 1.807) is 7.11 Å². The van der Waals surface area contributed by atoms with E-state index in [2.05, 4.69) is 10.2 Å². The second-order valence-electron chi connectivity index (χ2n) is 5.20. The molecule has 0 radical (unpaired) electrons. The summed E-state index contributed by atoms with van der Waals surface area (Å²) in [4.78, 5) is 16.5. The summed E-state index contributed by atoms with van der Waals surface area (Å²) in [6.07, 6.45) is 3.43. The lowest BCUT2D eigenvalue weighted by atomic mass is 10.1. The highest BCUT2D eigenvalue weighted by atomic mass is 16.5. The second-order valence-corrected chi connectivity index (χ2v) is 5.20. The van der Waals surface area contributed by atoms with Crippen molar-refractivity contribution < 1.29 is 9.53 Å². The lowest BCUT2D eigenvalue weighted by Gasteiger charge is -2.32. The molecule has 0 saturated carbocycles. The highest BCUT2D eigenvalue weighted by Crippen LogP contribution is 2.13. The van der Waals surface area contributed by atoms with Gasteiger partial charge in [-0.05, 0) is 32.4 Å². The number of nitrogens with zero attached hydrogens (tertiary/aromatic N) is 2. The number of likely N-dealkylation sites (tertiary alicyclic amines) is 1. The van der Waals surface area contributed by atoms with Gasteiger partial charge in [-0.2, -0.15) is 0 Å². The van der Waals surface area contributed by atoms with E-state index in [0.717, 1.165) is 58.5 Å². The summed E-state index contributed by atoms with van der Waals surface area (Å²) in [5, 5.41) is 3.36. The Morgan fingerprint density at radius 3 is 2.72 bits per heavy atom. The number of piperidine rings is 1. The molecule has 18 heavy (non-hydrogen) atoms. The molecule has 2 aliphatic heterocycles. The van der Waals surface area contributed by atoms with E-state index in [1.807, 2.05) is 4.90 Å². The van der Waals surface area contributed by atoms with Gasteiger partial charge in [0.05, 0.1) is 12.6 Å². The van der Waals surface area contributed by atoms with E-state index in [9.17, 15) is 4.79 Å². The standard InChI is InChI=1S/C13H25N3O2/c1-18-12-3-8-16(9-4-12)13(17)11-15-7-2-5-14-6-10-15/h12,14H,2-11H2,1H3. The van der Waals surface area contributed by atoms with Crippen LogP contribution in [0.3, 0.4) is 0 Å². The van der Waals surface area contributed by atoms with Gasteiger partial charge in [-0.15, -0.1) is 0 Å². The largest absolute Gasteiger partial charge is 0.381 e. The van der Waals surface area contributed by atoms with Gasteiger partial charge in [0.25, 0.3) is 0 Å². The molecule has 0 bridgehead atoms. The van der Waals surface area contributed by atoms with Gasteiger partial charge in [-0.25, -0.2) is 0 Å². The number of hydrogen-bond acceptors (Lipinski definition) is 4. The number of amides is 1. The first-order chi connectivity index (χ1) is 8.79. The number of methoxy groups -OCH3 is 1. The van der Waals surface area contributed by atoms with Crippen LogP contribution in [-0.2, 0) is 9.53 Å². The van der Waals surface area contributed by atoms with Gasteiger partial charge in [-0.1, -0.05) is 0 Å². The molecule has 1 N–H and O–H groups in total. The molecule has 0 aromatic carbocycles. The zero-order valence-electron chi connectivity index (χ0n) is 11.4. The summed E-state index contributed by atoms with van der Waals surface area (Å²) < 4.78 is 5.33. The van der Waals surface area contributed by atoms with Crippen molar-refractivity contribution in [2.75, 3.05) is 52.9 Å². The molecule has 5 nitrogen and oxygen atoms in total. The fourth-order valence-electron chi connectivity index (χ4n) is 2.69. The maximum atomic E-state index is 12.2. The minimum Gasteiger partial charge on any atom is -0.381 e. The predicted octanol–water partition coefficient (Wildman–Crippen LogP) is -0.0809. The number of carbonyl (C=O) groups excluding carboxylic acids is 1. The Balaban J connectivity index is 1.74. The fourth-order valence-corrected chi connectivity index (χ4v) is 2.69. The van der Waals surface area contributed by atoms with Crippen LogP contribution in [0, 0.1) is 0 Å². The molecule has 2 fully saturated rings. The molecule has 0 aromatic heterocycles. The molecule has 0 unspecified atom stereocenters. The normalized spacial score (nSPS) is 23.9. The molecule has 0 aromatic rings. The highest BCUT2D eigenvalue weighted by molar-refractivity contribution is 5.78. The van der Waals surface area contributed by atoms with E-state index < -0.39 is 0 Å². The highest BCUT2D eigenvalue weighted by Gasteiger charge is 2.23. The predicted molar refractivity (Wildman–Crippen MR) is 70.5 cm³/mol. The number of ether oxygens (including phenoxy) is 1. The van der Waals surface area contributed by atoms with Crippen LogP contribution in [0.25, 0.3) is 0 Å². The van der Waals surface area contributed by atoms with Crippen LogP contribution in [0.2, 0.25) is 0 Å². The lowest BCUT2D eigenvalue weighted by Crippen LogP contribution is -2.46. The monoisotopic (exact) mass is 255 g/mol. The molecule has 2 heterocycles. The quantitative estimate of drug-likeness (QED) is 0.766. The molecule has 2 aliphatic rings. The van der Waals surface area contributed by atoms with E-state index in [1.165, 1.54) is 0 Å². The molecule has 5 heteroatoms. The SMILES string of the molecule is COC1CCN(C(=O)CN2CCCNCC2)CC1. The minimum absolute atomic E-state index is 0.284. The number of rotatable bonds is 3. The van der Waals surface area contributed by atoms with Crippen LogP contribution in [0.5, 0.6) is 0 Å². The molecule has 2 saturated heterocycles. The van der Waals surface area contributed by atoms with Crippen molar-refractivity contribution in [2.45, 2.75) is 25.4 Å². The Hall–Kier alpha value is -0.650.